The van der Waals surface area contributed by atoms with Gasteiger partial charge in [0, 0.05) is 0 Å². The summed E-state index contributed by atoms with van der Waals surface area (Å²) in [5.74, 6) is -2.34. The summed E-state index contributed by atoms with van der Waals surface area (Å²) < 4.78 is 5.25. The van der Waals surface area contributed by atoms with Gasteiger partial charge in [-0.05, 0) is 18.4 Å². The highest BCUT2D eigenvalue weighted by molar-refractivity contribution is 5.81. The molecule has 0 unspecified atom stereocenters. The minimum Gasteiger partial charge on any atom is -0.481 e. The number of ether oxygens (including phenoxy) is 1. The van der Waals surface area contributed by atoms with Crippen LogP contribution in [0.3, 0.4) is 0 Å². The summed E-state index contributed by atoms with van der Waals surface area (Å²) >= 11 is 0. The van der Waals surface area contributed by atoms with Gasteiger partial charge >= 0.3 is 11.9 Å². The molecule has 0 saturated heterocycles. The zero-order valence-corrected chi connectivity index (χ0v) is 10.7. The zero-order chi connectivity index (χ0) is 13.7. The molecule has 19 heavy (non-hydrogen) atoms. The molecule has 1 fully saturated rings. The van der Waals surface area contributed by atoms with E-state index in [1.54, 1.807) is 0 Å². The van der Waals surface area contributed by atoms with Gasteiger partial charge in [0.15, 0.2) is 0 Å². The predicted octanol–water partition coefficient (Wildman–Crippen LogP) is 2.62. The SMILES string of the molecule is O=C(O)[C@@H]1CCCC[C@H]1C(=O)OCc1ccccc1. The Morgan fingerprint density at radius 1 is 1.11 bits per heavy atom. The van der Waals surface area contributed by atoms with E-state index in [9.17, 15) is 9.59 Å². The molecule has 1 aromatic rings. The molecule has 4 nitrogen and oxygen atoms in total. The van der Waals surface area contributed by atoms with Crippen molar-refractivity contribution < 1.29 is 19.4 Å². The quantitative estimate of drug-likeness (QED) is 0.847. The van der Waals surface area contributed by atoms with Crippen molar-refractivity contribution in [2.24, 2.45) is 11.8 Å². The highest BCUT2D eigenvalue weighted by Crippen LogP contribution is 2.31. The van der Waals surface area contributed by atoms with Crippen molar-refractivity contribution in [3.63, 3.8) is 0 Å². The lowest BCUT2D eigenvalue weighted by atomic mass is 9.79. The molecular formula is C15H18O4. The van der Waals surface area contributed by atoms with E-state index < -0.39 is 17.8 Å². The molecule has 0 bridgehead atoms. The molecule has 1 saturated carbocycles. The number of carbonyl (C=O) groups is 2. The Morgan fingerprint density at radius 2 is 1.74 bits per heavy atom. The molecule has 2 atom stereocenters. The van der Waals surface area contributed by atoms with E-state index in [4.69, 9.17) is 9.84 Å². The van der Waals surface area contributed by atoms with Crippen LogP contribution in [0.1, 0.15) is 31.2 Å². The van der Waals surface area contributed by atoms with Gasteiger partial charge in [0.25, 0.3) is 0 Å². The van der Waals surface area contributed by atoms with E-state index >= 15 is 0 Å². The van der Waals surface area contributed by atoms with Gasteiger partial charge < -0.3 is 9.84 Å². The Hall–Kier alpha value is -1.84. The Bertz CT molecular complexity index is 441. The van der Waals surface area contributed by atoms with E-state index in [1.807, 2.05) is 30.3 Å². The lowest BCUT2D eigenvalue weighted by molar-refractivity contribution is -0.160. The largest absolute Gasteiger partial charge is 0.481 e. The number of hydrogen-bond acceptors (Lipinski definition) is 3. The fraction of sp³-hybridized carbons (Fsp3) is 0.467. The molecule has 0 radical (unpaired) electrons. The van der Waals surface area contributed by atoms with Crippen molar-refractivity contribution in [2.45, 2.75) is 32.3 Å². The number of esters is 1. The van der Waals surface area contributed by atoms with Crippen molar-refractivity contribution in [3.05, 3.63) is 35.9 Å². The Labute approximate surface area is 112 Å². The van der Waals surface area contributed by atoms with Gasteiger partial charge in [-0.15, -0.1) is 0 Å². The Kier molecular flexibility index (Phi) is 4.55. The average molecular weight is 262 g/mol. The summed E-state index contributed by atoms with van der Waals surface area (Å²) in [5, 5.41) is 9.14. The first-order valence-corrected chi connectivity index (χ1v) is 6.62. The minimum atomic E-state index is -0.888. The Morgan fingerprint density at radius 3 is 2.37 bits per heavy atom. The van der Waals surface area contributed by atoms with Crippen molar-refractivity contribution in [2.75, 3.05) is 0 Å². The van der Waals surface area contributed by atoms with Crippen molar-refractivity contribution in [1.29, 1.82) is 0 Å². The maximum absolute atomic E-state index is 12.0. The summed E-state index contributed by atoms with van der Waals surface area (Å²) in [6, 6.07) is 9.41. The third-order valence-corrected chi connectivity index (χ3v) is 3.61. The normalized spacial score (nSPS) is 22.7. The summed E-state index contributed by atoms with van der Waals surface area (Å²) in [6.07, 6.45) is 2.96. The van der Waals surface area contributed by atoms with Crippen LogP contribution in [0.15, 0.2) is 30.3 Å². The van der Waals surface area contributed by atoms with E-state index in [0.717, 1.165) is 18.4 Å². The van der Waals surface area contributed by atoms with Gasteiger partial charge in [-0.1, -0.05) is 43.2 Å². The number of benzene rings is 1. The van der Waals surface area contributed by atoms with Crippen LogP contribution >= 0.6 is 0 Å². The van der Waals surface area contributed by atoms with E-state index in [0.29, 0.717) is 12.8 Å². The third-order valence-electron chi connectivity index (χ3n) is 3.61. The molecule has 0 aromatic heterocycles. The third kappa shape index (κ3) is 3.56. The fourth-order valence-corrected chi connectivity index (χ4v) is 2.54. The highest BCUT2D eigenvalue weighted by atomic mass is 16.5. The van der Waals surface area contributed by atoms with Crippen molar-refractivity contribution >= 4 is 11.9 Å². The molecule has 102 valence electrons. The van der Waals surface area contributed by atoms with Crippen LogP contribution in [0.5, 0.6) is 0 Å². The standard InChI is InChI=1S/C15H18O4/c16-14(17)12-8-4-5-9-13(12)15(18)19-10-11-6-2-1-3-7-11/h1-3,6-7,12-13H,4-5,8-10H2,(H,16,17)/t12-,13-/m1/s1. The molecule has 0 heterocycles. The first kappa shape index (κ1) is 13.6. The molecule has 0 spiro atoms. The molecule has 1 aliphatic carbocycles. The molecule has 2 rings (SSSR count). The summed E-state index contributed by atoms with van der Waals surface area (Å²) in [5.41, 5.74) is 0.915. The van der Waals surface area contributed by atoms with Crippen LogP contribution in [0.4, 0.5) is 0 Å². The average Bonchev–Trinajstić information content (AvgIpc) is 2.46. The summed E-state index contributed by atoms with van der Waals surface area (Å²) in [7, 11) is 0. The maximum Gasteiger partial charge on any atom is 0.310 e. The molecule has 1 aliphatic rings. The highest BCUT2D eigenvalue weighted by Gasteiger charge is 2.36. The van der Waals surface area contributed by atoms with Crippen LogP contribution in [-0.4, -0.2) is 17.0 Å². The van der Waals surface area contributed by atoms with Crippen molar-refractivity contribution in [1.82, 2.24) is 0 Å². The van der Waals surface area contributed by atoms with Gasteiger partial charge in [0.1, 0.15) is 6.61 Å². The van der Waals surface area contributed by atoms with Gasteiger partial charge in [0.05, 0.1) is 11.8 Å². The molecule has 1 aromatic carbocycles. The number of aliphatic carboxylic acids is 1. The van der Waals surface area contributed by atoms with E-state index in [2.05, 4.69) is 0 Å². The first-order valence-electron chi connectivity index (χ1n) is 6.62. The number of carboxylic acid groups (broad SMARTS) is 1. The number of rotatable bonds is 4. The lowest BCUT2D eigenvalue weighted by Gasteiger charge is -2.26. The number of hydrogen-bond donors (Lipinski definition) is 1. The summed E-state index contributed by atoms with van der Waals surface area (Å²) in [6.45, 7) is 0.211. The first-order chi connectivity index (χ1) is 9.18. The molecule has 1 N–H and O–H groups in total. The Balaban J connectivity index is 1.93. The topological polar surface area (TPSA) is 63.6 Å². The van der Waals surface area contributed by atoms with Gasteiger partial charge in [0.2, 0.25) is 0 Å². The zero-order valence-electron chi connectivity index (χ0n) is 10.7. The van der Waals surface area contributed by atoms with Crippen LogP contribution in [-0.2, 0) is 20.9 Å². The number of carboxylic acids is 1. The lowest BCUT2D eigenvalue weighted by Crippen LogP contribution is -2.33. The smallest absolute Gasteiger partial charge is 0.310 e. The molecule has 4 heteroatoms. The van der Waals surface area contributed by atoms with E-state index in [1.165, 1.54) is 0 Å². The van der Waals surface area contributed by atoms with Gasteiger partial charge in [-0.3, -0.25) is 9.59 Å². The van der Waals surface area contributed by atoms with Crippen LogP contribution in [0, 0.1) is 11.8 Å². The second kappa shape index (κ2) is 6.36. The predicted molar refractivity (Wildman–Crippen MR) is 69.3 cm³/mol. The summed E-state index contributed by atoms with van der Waals surface area (Å²) in [4.78, 5) is 23.1. The molecule has 0 amide bonds. The number of carbonyl (C=O) groups excluding carboxylic acids is 1. The van der Waals surface area contributed by atoms with Crippen LogP contribution in [0.25, 0.3) is 0 Å². The minimum absolute atomic E-state index is 0.211. The van der Waals surface area contributed by atoms with Gasteiger partial charge in [-0.2, -0.15) is 0 Å². The van der Waals surface area contributed by atoms with Crippen molar-refractivity contribution in [3.8, 4) is 0 Å². The molecular weight excluding hydrogens is 244 g/mol. The van der Waals surface area contributed by atoms with Crippen LogP contribution in [0.2, 0.25) is 0 Å². The van der Waals surface area contributed by atoms with Crippen LogP contribution < -0.4 is 0 Å². The molecule has 0 aliphatic heterocycles. The van der Waals surface area contributed by atoms with Gasteiger partial charge in [-0.25, -0.2) is 0 Å². The maximum atomic E-state index is 12.0. The monoisotopic (exact) mass is 262 g/mol. The second-order valence-corrected chi connectivity index (χ2v) is 4.93. The second-order valence-electron chi connectivity index (χ2n) is 4.93. The fourth-order valence-electron chi connectivity index (χ4n) is 2.54. The van der Waals surface area contributed by atoms with E-state index in [-0.39, 0.29) is 12.6 Å².